The molecule has 0 bridgehead atoms. The van der Waals surface area contributed by atoms with Crippen LogP contribution in [0.3, 0.4) is 0 Å². The number of hydrogen-bond donors (Lipinski definition) is 1. The SMILES string of the molecule is Cc1ccc(S(=O)(=O)NC(C)c2cn(C)nc2C)cc1C. The van der Waals surface area contributed by atoms with Gasteiger partial charge in [-0.05, 0) is 51.0 Å². The lowest BCUT2D eigenvalue weighted by molar-refractivity contribution is 0.566. The minimum atomic E-state index is -3.54. The highest BCUT2D eigenvalue weighted by Crippen LogP contribution is 2.20. The van der Waals surface area contributed by atoms with Gasteiger partial charge in [0.15, 0.2) is 0 Å². The second kappa shape index (κ2) is 5.61. The molecule has 1 heterocycles. The van der Waals surface area contributed by atoms with Crippen molar-refractivity contribution in [3.63, 3.8) is 0 Å². The van der Waals surface area contributed by atoms with Crippen molar-refractivity contribution in [2.75, 3.05) is 0 Å². The summed E-state index contributed by atoms with van der Waals surface area (Å²) in [6, 6.07) is 4.82. The third-order valence-corrected chi connectivity index (χ3v) is 5.18. The summed E-state index contributed by atoms with van der Waals surface area (Å²) in [5, 5.41) is 4.24. The molecule has 1 unspecified atom stereocenters. The molecule has 2 rings (SSSR count). The molecular formula is C15H21N3O2S. The third-order valence-electron chi connectivity index (χ3n) is 3.64. The van der Waals surface area contributed by atoms with Crippen LogP contribution in [-0.4, -0.2) is 18.2 Å². The monoisotopic (exact) mass is 307 g/mol. The first kappa shape index (κ1) is 15.7. The fourth-order valence-electron chi connectivity index (χ4n) is 2.29. The summed E-state index contributed by atoms with van der Waals surface area (Å²) in [6.45, 7) is 7.56. The molecule has 0 aliphatic heterocycles. The van der Waals surface area contributed by atoms with E-state index in [1.807, 2.05) is 47.0 Å². The van der Waals surface area contributed by atoms with E-state index in [1.54, 1.807) is 16.8 Å². The number of aromatic nitrogens is 2. The molecule has 1 aromatic carbocycles. The summed E-state index contributed by atoms with van der Waals surface area (Å²) >= 11 is 0. The number of hydrogen-bond acceptors (Lipinski definition) is 3. The Morgan fingerprint density at radius 1 is 1.19 bits per heavy atom. The predicted molar refractivity (Wildman–Crippen MR) is 82.6 cm³/mol. The van der Waals surface area contributed by atoms with Gasteiger partial charge in [0, 0.05) is 24.8 Å². The molecule has 0 fully saturated rings. The molecule has 1 N–H and O–H groups in total. The van der Waals surface area contributed by atoms with Crippen molar-refractivity contribution < 1.29 is 8.42 Å². The Balaban J connectivity index is 2.28. The van der Waals surface area contributed by atoms with E-state index >= 15 is 0 Å². The molecule has 5 nitrogen and oxygen atoms in total. The summed E-state index contributed by atoms with van der Waals surface area (Å²) in [4.78, 5) is 0.291. The zero-order chi connectivity index (χ0) is 15.8. The first-order valence-corrected chi connectivity index (χ1v) is 8.29. The largest absolute Gasteiger partial charge is 0.275 e. The van der Waals surface area contributed by atoms with Crippen LogP contribution in [0, 0.1) is 20.8 Å². The van der Waals surface area contributed by atoms with Crippen molar-refractivity contribution in [2.24, 2.45) is 7.05 Å². The summed E-state index contributed by atoms with van der Waals surface area (Å²) < 4.78 is 29.3. The average Bonchev–Trinajstić information content (AvgIpc) is 2.71. The van der Waals surface area contributed by atoms with Crippen molar-refractivity contribution in [3.05, 3.63) is 46.8 Å². The van der Waals surface area contributed by atoms with Crippen LogP contribution in [0.5, 0.6) is 0 Å². The summed E-state index contributed by atoms with van der Waals surface area (Å²) in [5.74, 6) is 0. The van der Waals surface area contributed by atoms with E-state index in [9.17, 15) is 8.42 Å². The van der Waals surface area contributed by atoms with Gasteiger partial charge in [0.05, 0.1) is 10.6 Å². The Hall–Kier alpha value is -1.66. The third kappa shape index (κ3) is 3.33. The zero-order valence-electron chi connectivity index (χ0n) is 13.0. The van der Waals surface area contributed by atoms with Crippen LogP contribution in [0.4, 0.5) is 0 Å². The van der Waals surface area contributed by atoms with Crippen molar-refractivity contribution in [1.29, 1.82) is 0 Å². The van der Waals surface area contributed by atoms with E-state index in [4.69, 9.17) is 0 Å². The van der Waals surface area contributed by atoms with Gasteiger partial charge < -0.3 is 0 Å². The second-order valence-corrected chi connectivity index (χ2v) is 7.15. The number of benzene rings is 1. The first-order valence-electron chi connectivity index (χ1n) is 6.80. The predicted octanol–water partition coefficient (Wildman–Crippen LogP) is 2.38. The van der Waals surface area contributed by atoms with Crippen molar-refractivity contribution in [3.8, 4) is 0 Å². The van der Waals surface area contributed by atoms with E-state index in [2.05, 4.69) is 9.82 Å². The molecule has 0 aliphatic carbocycles. The van der Waals surface area contributed by atoms with Gasteiger partial charge in [-0.15, -0.1) is 0 Å². The van der Waals surface area contributed by atoms with Gasteiger partial charge in [-0.1, -0.05) is 6.07 Å². The smallest absolute Gasteiger partial charge is 0.241 e. The Morgan fingerprint density at radius 2 is 1.86 bits per heavy atom. The molecule has 0 amide bonds. The van der Waals surface area contributed by atoms with E-state index in [0.717, 1.165) is 22.4 Å². The topological polar surface area (TPSA) is 64.0 Å². The second-order valence-electron chi connectivity index (χ2n) is 5.43. The van der Waals surface area contributed by atoms with Gasteiger partial charge >= 0.3 is 0 Å². The van der Waals surface area contributed by atoms with Gasteiger partial charge in [0.1, 0.15) is 0 Å². The van der Waals surface area contributed by atoms with E-state index in [-0.39, 0.29) is 6.04 Å². The molecule has 1 aromatic heterocycles. The molecule has 0 saturated carbocycles. The standard InChI is InChI=1S/C15H21N3O2S/c1-10-6-7-14(8-11(10)2)21(19,20)17-13(4)15-9-18(5)16-12(15)3/h6-9,13,17H,1-5H3. The highest BCUT2D eigenvalue weighted by molar-refractivity contribution is 7.89. The Bertz CT molecular complexity index is 763. The lowest BCUT2D eigenvalue weighted by Gasteiger charge is -2.14. The van der Waals surface area contributed by atoms with E-state index < -0.39 is 10.0 Å². The molecule has 6 heteroatoms. The normalized spacial score (nSPS) is 13.4. The lowest BCUT2D eigenvalue weighted by atomic mass is 10.1. The summed E-state index contributed by atoms with van der Waals surface area (Å²) in [5.41, 5.74) is 3.74. The quantitative estimate of drug-likeness (QED) is 0.943. The summed E-state index contributed by atoms with van der Waals surface area (Å²) in [7, 11) is -1.72. The zero-order valence-corrected chi connectivity index (χ0v) is 13.8. The van der Waals surface area contributed by atoms with Crippen LogP contribution in [0.2, 0.25) is 0 Å². The Labute approximate surface area is 126 Å². The summed E-state index contributed by atoms with van der Waals surface area (Å²) in [6.07, 6.45) is 1.84. The number of nitrogens with zero attached hydrogens (tertiary/aromatic N) is 2. The number of aryl methyl sites for hydroxylation is 4. The average molecular weight is 307 g/mol. The molecule has 2 aromatic rings. The van der Waals surface area contributed by atoms with Crippen LogP contribution in [0.15, 0.2) is 29.3 Å². The molecule has 0 spiro atoms. The molecule has 1 atom stereocenters. The molecule has 0 radical (unpaired) electrons. The van der Waals surface area contributed by atoms with Crippen molar-refractivity contribution >= 4 is 10.0 Å². The molecule has 114 valence electrons. The van der Waals surface area contributed by atoms with Gasteiger partial charge in [0.25, 0.3) is 0 Å². The molecule has 0 saturated heterocycles. The number of sulfonamides is 1. The highest BCUT2D eigenvalue weighted by atomic mass is 32.2. The van der Waals surface area contributed by atoms with Crippen LogP contribution in [-0.2, 0) is 17.1 Å². The first-order chi connectivity index (χ1) is 9.70. The molecule has 0 aliphatic rings. The maximum Gasteiger partial charge on any atom is 0.241 e. The number of rotatable bonds is 4. The van der Waals surface area contributed by atoms with E-state index in [0.29, 0.717) is 4.90 Å². The van der Waals surface area contributed by atoms with Crippen molar-refractivity contribution in [2.45, 2.75) is 38.6 Å². The minimum Gasteiger partial charge on any atom is -0.275 e. The minimum absolute atomic E-state index is 0.291. The Morgan fingerprint density at radius 3 is 2.38 bits per heavy atom. The number of nitrogens with one attached hydrogen (secondary N) is 1. The van der Waals surface area contributed by atoms with Gasteiger partial charge in [-0.2, -0.15) is 5.10 Å². The molecule has 21 heavy (non-hydrogen) atoms. The van der Waals surface area contributed by atoms with Crippen molar-refractivity contribution in [1.82, 2.24) is 14.5 Å². The van der Waals surface area contributed by atoms with Gasteiger partial charge in [-0.25, -0.2) is 13.1 Å². The van der Waals surface area contributed by atoms with Gasteiger partial charge in [0.2, 0.25) is 10.0 Å². The van der Waals surface area contributed by atoms with Gasteiger partial charge in [-0.3, -0.25) is 4.68 Å². The van der Waals surface area contributed by atoms with Crippen LogP contribution >= 0.6 is 0 Å². The fraction of sp³-hybridized carbons (Fsp3) is 0.400. The van der Waals surface area contributed by atoms with Crippen LogP contribution in [0.1, 0.15) is 35.3 Å². The highest BCUT2D eigenvalue weighted by Gasteiger charge is 2.21. The van der Waals surface area contributed by atoms with E-state index in [1.165, 1.54) is 0 Å². The van der Waals surface area contributed by atoms with Crippen LogP contribution < -0.4 is 4.72 Å². The Kier molecular flexibility index (Phi) is 4.20. The maximum atomic E-state index is 12.5. The molecular weight excluding hydrogens is 286 g/mol. The maximum absolute atomic E-state index is 12.5. The lowest BCUT2D eigenvalue weighted by Crippen LogP contribution is -2.27. The van der Waals surface area contributed by atoms with Crippen LogP contribution in [0.25, 0.3) is 0 Å². The fourth-order valence-corrected chi connectivity index (χ4v) is 3.60.